The van der Waals surface area contributed by atoms with E-state index in [0.29, 0.717) is 5.56 Å². The lowest BCUT2D eigenvalue weighted by atomic mass is 10.0. The maximum Gasteiger partial charge on any atom is 0.408 e. The van der Waals surface area contributed by atoms with Gasteiger partial charge in [-0.25, -0.2) is 4.79 Å². The van der Waals surface area contributed by atoms with E-state index >= 15 is 0 Å². The van der Waals surface area contributed by atoms with Crippen LogP contribution in [0.15, 0.2) is 24.3 Å². The minimum absolute atomic E-state index is 0.116. The van der Waals surface area contributed by atoms with Crippen LogP contribution in [0.5, 0.6) is 0 Å². The average molecular weight is 310 g/mol. The first-order chi connectivity index (χ1) is 10.1. The Labute approximate surface area is 127 Å². The summed E-state index contributed by atoms with van der Waals surface area (Å²) >= 11 is 0. The normalized spacial score (nSPS) is 12.3. The zero-order valence-corrected chi connectivity index (χ0v) is 12.5. The second kappa shape index (κ2) is 6.88. The van der Waals surface area contributed by atoms with Crippen LogP contribution in [-0.4, -0.2) is 27.7 Å². The van der Waals surface area contributed by atoms with Crippen LogP contribution >= 0.6 is 0 Å². The van der Waals surface area contributed by atoms with Gasteiger partial charge in [-0.1, -0.05) is 12.1 Å². The van der Waals surface area contributed by atoms with E-state index in [1.54, 1.807) is 20.8 Å². The molecule has 2 N–H and O–H groups in total. The molecule has 120 valence electrons. The Kier molecular flexibility index (Phi) is 5.44. The summed E-state index contributed by atoms with van der Waals surface area (Å²) in [5, 5.41) is 22.0. The number of nitro groups is 1. The Hall–Kier alpha value is -2.64. The SMILES string of the molecule is CC(C)(C)OC(=O)NC(CC(=O)O)c1ccc([N+](=O)[O-])cc1. The molecule has 0 bridgehead atoms. The first kappa shape index (κ1) is 17.4. The summed E-state index contributed by atoms with van der Waals surface area (Å²) in [6, 6.07) is 4.47. The molecule has 0 saturated heterocycles. The molecule has 1 aromatic rings. The van der Waals surface area contributed by atoms with Gasteiger partial charge < -0.3 is 15.2 Å². The molecule has 8 heteroatoms. The monoisotopic (exact) mass is 310 g/mol. The molecule has 0 heterocycles. The van der Waals surface area contributed by atoms with Crippen molar-refractivity contribution in [3.63, 3.8) is 0 Å². The summed E-state index contributed by atoms with van der Waals surface area (Å²) in [4.78, 5) is 32.7. The van der Waals surface area contributed by atoms with Gasteiger partial charge in [0.1, 0.15) is 5.60 Å². The predicted molar refractivity (Wildman–Crippen MR) is 77.5 cm³/mol. The van der Waals surface area contributed by atoms with Gasteiger partial charge in [-0.3, -0.25) is 14.9 Å². The lowest BCUT2D eigenvalue weighted by Crippen LogP contribution is -2.35. The Morgan fingerprint density at radius 1 is 1.32 bits per heavy atom. The number of benzene rings is 1. The van der Waals surface area contributed by atoms with E-state index in [4.69, 9.17) is 9.84 Å². The Morgan fingerprint density at radius 2 is 1.86 bits per heavy atom. The average Bonchev–Trinajstić information content (AvgIpc) is 2.35. The van der Waals surface area contributed by atoms with Crippen LogP contribution in [-0.2, 0) is 9.53 Å². The molecular weight excluding hydrogens is 292 g/mol. The number of amides is 1. The van der Waals surface area contributed by atoms with E-state index < -0.39 is 28.6 Å². The lowest BCUT2D eigenvalue weighted by molar-refractivity contribution is -0.384. The van der Waals surface area contributed by atoms with E-state index in [2.05, 4.69) is 5.32 Å². The van der Waals surface area contributed by atoms with Crippen molar-refractivity contribution in [2.45, 2.75) is 38.8 Å². The number of alkyl carbamates (subject to hydrolysis) is 1. The standard InChI is InChI=1S/C14H18N2O6/c1-14(2,3)22-13(19)15-11(8-12(17)18)9-4-6-10(7-5-9)16(20)21/h4-7,11H,8H2,1-3H3,(H,15,19)(H,17,18). The number of hydrogen-bond donors (Lipinski definition) is 2. The van der Waals surface area contributed by atoms with E-state index in [0.717, 1.165) is 0 Å². The van der Waals surface area contributed by atoms with Gasteiger partial charge in [-0.15, -0.1) is 0 Å². The molecule has 22 heavy (non-hydrogen) atoms. The topological polar surface area (TPSA) is 119 Å². The zero-order valence-electron chi connectivity index (χ0n) is 12.5. The van der Waals surface area contributed by atoms with Crippen molar-refractivity contribution in [1.29, 1.82) is 0 Å². The number of carbonyl (C=O) groups excluding carboxylic acids is 1. The number of carboxylic acids is 1. The molecule has 0 saturated carbocycles. The maximum absolute atomic E-state index is 11.8. The van der Waals surface area contributed by atoms with Gasteiger partial charge in [-0.05, 0) is 26.3 Å². The van der Waals surface area contributed by atoms with Crippen LogP contribution in [0.4, 0.5) is 10.5 Å². The number of nitrogens with zero attached hydrogens (tertiary/aromatic N) is 1. The number of nitrogens with one attached hydrogen (secondary N) is 1. The van der Waals surface area contributed by atoms with E-state index in [-0.39, 0.29) is 12.1 Å². The number of hydrogen-bond acceptors (Lipinski definition) is 5. The van der Waals surface area contributed by atoms with E-state index in [1.165, 1.54) is 24.3 Å². The fraction of sp³-hybridized carbons (Fsp3) is 0.429. The molecule has 0 aliphatic heterocycles. The first-order valence-corrected chi connectivity index (χ1v) is 6.54. The summed E-state index contributed by atoms with van der Waals surface area (Å²) in [7, 11) is 0. The van der Waals surface area contributed by atoms with Crippen LogP contribution in [0.3, 0.4) is 0 Å². The number of aliphatic carboxylic acids is 1. The molecule has 1 amide bonds. The highest BCUT2D eigenvalue weighted by atomic mass is 16.6. The smallest absolute Gasteiger partial charge is 0.408 e. The van der Waals surface area contributed by atoms with Gasteiger partial charge >= 0.3 is 12.1 Å². The summed E-state index contributed by atoms with van der Waals surface area (Å²) in [5.41, 5.74) is -0.387. The highest BCUT2D eigenvalue weighted by Gasteiger charge is 2.22. The summed E-state index contributed by atoms with van der Waals surface area (Å²) < 4.78 is 5.08. The van der Waals surface area contributed by atoms with Crippen molar-refractivity contribution in [2.24, 2.45) is 0 Å². The highest BCUT2D eigenvalue weighted by molar-refractivity contribution is 5.72. The predicted octanol–water partition coefficient (Wildman–Crippen LogP) is 2.64. The Bertz CT molecular complexity index is 562. The number of carbonyl (C=O) groups is 2. The molecule has 0 fully saturated rings. The van der Waals surface area contributed by atoms with Gasteiger partial charge in [0, 0.05) is 12.1 Å². The van der Waals surface area contributed by atoms with Gasteiger partial charge in [0.2, 0.25) is 0 Å². The number of non-ortho nitro benzene ring substituents is 1. The second-order valence-electron chi connectivity index (χ2n) is 5.65. The molecule has 8 nitrogen and oxygen atoms in total. The van der Waals surface area contributed by atoms with Crippen molar-refractivity contribution in [1.82, 2.24) is 5.32 Å². The third-order valence-corrected chi connectivity index (χ3v) is 2.58. The summed E-state index contributed by atoms with van der Waals surface area (Å²) in [6.45, 7) is 5.06. The van der Waals surface area contributed by atoms with Crippen molar-refractivity contribution >= 4 is 17.7 Å². The van der Waals surface area contributed by atoms with Gasteiger partial charge in [0.15, 0.2) is 0 Å². The van der Waals surface area contributed by atoms with Crippen molar-refractivity contribution in [3.8, 4) is 0 Å². The first-order valence-electron chi connectivity index (χ1n) is 6.54. The molecule has 1 aromatic carbocycles. The molecule has 0 radical (unpaired) electrons. The molecule has 0 spiro atoms. The quantitative estimate of drug-likeness (QED) is 0.637. The number of nitro benzene ring substituents is 1. The molecule has 1 atom stereocenters. The lowest BCUT2D eigenvalue weighted by Gasteiger charge is -2.23. The second-order valence-corrected chi connectivity index (χ2v) is 5.65. The van der Waals surface area contributed by atoms with Crippen molar-refractivity contribution < 1.29 is 24.4 Å². The molecular formula is C14H18N2O6. The number of carboxylic acid groups (broad SMARTS) is 1. The summed E-state index contributed by atoms with van der Waals surface area (Å²) in [6.07, 6.45) is -1.12. The Balaban J connectivity index is 2.90. The van der Waals surface area contributed by atoms with Crippen LogP contribution in [0.2, 0.25) is 0 Å². The van der Waals surface area contributed by atoms with Gasteiger partial charge in [0.25, 0.3) is 5.69 Å². The van der Waals surface area contributed by atoms with Gasteiger partial charge in [0.05, 0.1) is 17.4 Å². The molecule has 0 aliphatic rings. The van der Waals surface area contributed by atoms with E-state index in [9.17, 15) is 19.7 Å². The van der Waals surface area contributed by atoms with Crippen LogP contribution in [0.25, 0.3) is 0 Å². The summed E-state index contributed by atoms with van der Waals surface area (Å²) in [5.74, 6) is -1.11. The molecule has 0 aliphatic carbocycles. The minimum Gasteiger partial charge on any atom is -0.481 e. The number of rotatable bonds is 5. The van der Waals surface area contributed by atoms with Crippen LogP contribution in [0.1, 0.15) is 38.8 Å². The molecule has 1 rings (SSSR count). The third kappa shape index (κ3) is 5.78. The highest BCUT2D eigenvalue weighted by Crippen LogP contribution is 2.21. The zero-order chi connectivity index (χ0) is 16.9. The Morgan fingerprint density at radius 3 is 2.27 bits per heavy atom. The van der Waals surface area contributed by atoms with Crippen LogP contribution in [0, 0.1) is 10.1 Å². The fourth-order valence-electron chi connectivity index (χ4n) is 1.70. The van der Waals surface area contributed by atoms with Crippen molar-refractivity contribution in [3.05, 3.63) is 39.9 Å². The molecule has 1 unspecified atom stereocenters. The fourth-order valence-corrected chi connectivity index (χ4v) is 1.70. The largest absolute Gasteiger partial charge is 0.481 e. The minimum atomic E-state index is -1.11. The molecule has 0 aromatic heterocycles. The van der Waals surface area contributed by atoms with Crippen LogP contribution < -0.4 is 5.32 Å². The maximum atomic E-state index is 11.8. The third-order valence-electron chi connectivity index (χ3n) is 2.58. The van der Waals surface area contributed by atoms with Gasteiger partial charge in [-0.2, -0.15) is 0 Å². The van der Waals surface area contributed by atoms with E-state index in [1.807, 2.05) is 0 Å². The number of ether oxygens (including phenoxy) is 1. The van der Waals surface area contributed by atoms with Crippen molar-refractivity contribution in [2.75, 3.05) is 0 Å².